The molecule has 4 heterocycles. The molecule has 2 unspecified atom stereocenters. The molecule has 15 heteroatoms. The van der Waals surface area contributed by atoms with Crippen molar-refractivity contribution in [2.75, 3.05) is 31.5 Å². The van der Waals surface area contributed by atoms with Crippen LogP contribution >= 0.6 is 11.6 Å². The molecule has 2 saturated carbocycles. The van der Waals surface area contributed by atoms with Gasteiger partial charge in [-0.05, 0) is 63.4 Å². The molecule has 2 saturated heterocycles. The molecular formula is C31H34ClF3N8O3. The van der Waals surface area contributed by atoms with Gasteiger partial charge in [0.05, 0.1) is 34.1 Å². The SMILES string of the molecule is Cn1c(-c2cn(C3CCC3)nc2C(F)(F)F)cnc1C(=O)Nc1ccc(C(=O)NC2C3CN(C(=O)C4CCNCC4)CC32)c(Cl)c1. The normalized spacial score (nSPS) is 23.2. The van der Waals surface area contributed by atoms with E-state index in [0.29, 0.717) is 18.8 Å². The second-order valence-corrected chi connectivity index (χ2v) is 13.1. The Balaban J connectivity index is 0.976. The van der Waals surface area contributed by atoms with Gasteiger partial charge in [0.15, 0.2) is 11.5 Å². The van der Waals surface area contributed by atoms with E-state index in [1.807, 2.05) is 4.90 Å². The molecule has 0 spiro atoms. The highest BCUT2D eigenvalue weighted by atomic mass is 35.5. The van der Waals surface area contributed by atoms with Crippen molar-refractivity contribution < 1.29 is 27.6 Å². The molecule has 244 valence electrons. The van der Waals surface area contributed by atoms with E-state index in [4.69, 9.17) is 11.6 Å². The average Bonchev–Trinajstić information content (AvgIpc) is 3.41. The fraction of sp³-hybridized carbons (Fsp3) is 0.516. The lowest BCUT2D eigenvalue weighted by molar-refractivity contribution is -0.141. The minimum atomic E-state index is -4.67. The van der Waals surface area contributed by atoms with E-state index in [0.717, 1.165) is 45.2 Å². The Labute approximate surface area is 267 Å². The number of halogens is 4. The average molecular weight is 659 g/mol. The number of hydrogen-bond acceptors (Lipinski definition) is 6. The summed E-state index contributed by atoms with van der Waals surface area (Å²) in [7, 11) is 1.47. The second kappa shape index (κ2) is 11.7. The Bertz CT molecular complexity index is 1680. The van der Waals surface area contributed by atoms with Crippen molar-refractivity contribution in [3.8, 4) is 11.3 Å². The second-order valence-electron chi connectivity index (χ2n) is 12.7. The van der Waals surface area contributed by atoms with Crippen LogP contribution in [0.5, 0.6) is 0 Å². The van der Waals surface area contributed by atoms with Crippen molar-refractivity contribution in [3.63, 3.8) is 0 Å². The standard InChI is InChI=1S/C31H34ClF3N8O3/c1-41-24(22-15-43(18-3-2-4-18)40-26(22)31(33,34)35)12-37-27(41)29(45)38-17-5-6-19(23(32)11-17)28(44)39-25-20-13-42(14-21(20)25)30(46)16-7-9-36-10-8-16/h5-6,11-12,15-16,18,20-21,25,36H,2-4,7-10,13-14H2,1H3,(H,38,45)(H,39,44). The first kappa shape index (κ1) is 30.7. The van der Waals surface area contributed by atoms with Crippen LogP contribution in [0.25, 0.3) is 11.3 Å². The third kappa shape index (κ3) is 5.65. The fourth-order valence-corrected chi connectivity index (χ4v) is 7.20. The third-order valence-corrected chi connectivity index (χ3v) is 10.2. The van der Waals surface area contributed by atoms with E-state index in [9.17, 15) is 27.6 Å². The van der Waals surface area contributed by atoms with Crippen LogP contribution in [0, 0.1) is 17.8 Å². The van der Waals surface area contributed by atoms with Crippen LogP contribution in [-0.2, 0) is 18.0 Å². The Morgan fingerprint density at radius 1 is 1.04 bits per heavy atom. The molecule has 3 amide bonds. The van der Waals surface area contributed by atoms with Crippen LogP contribution in [0.1, 0.15) is 64.8 Å². The Morgan fingerprint density at radius 2 is 1.76 bits per heavy atom. The summed E-state index contributed by atoms with van der Waals surface area (Å²) in [5.74, 6) is -0.346. The minimum Gasteiger partial charge on any atom is -0.349 e. The van der Waals surface area contributed by atoms with Gasteiger partial charge in [0.25, 0.3) is 11.8 Å². The minimum absolute atomic E-state index is 0.0173. The number of piperidine rings is 2. The molecular weight excluding hydrogens is 625 g/mol. The number of benzene rings is 1. The van der Waals surface area contributed by atoms with Crippen LogP contribution in [0.15, 0.2) is 30.6 Å². The van der Waals surface area contributed by atoms with E-state index in [1.165, 1.54) is 46.9 Å². The molecule has 4 aliphatic rings. The number of carbonyl (C=O) groups is 3. The molecule has 0 bridgehead atoms. The smallest absolute Gasteiger partial charge is 0.349 e. The summed E-state index contributed by atoms with van der Waals surface area (Å²) in [5, 5.41) is 12.9. The van der Waals surface area contributed by atoms with Gasteiger partial charge in [0, 0.05) is 55.8 Å². The summed E-state index contributed by atoms with van der Waals surface area (Å²) in [5.41, 5.74) is -0.521. The monoisotopic (exact) mass is 658 g/mol. The highest BCUT2D eigenvalue weighted by molar-refractivity contribution is 6.34. The van der Waals surface area contributed by atoms with Crippen molar-refractivity contribution in [1.29, 1.82) is 0 Å². The quantitative estimate of drug-likeness (QED) is 0.351. The lowest BCUT2D eigenvalue weighted by atomic mass is 9.93. The number of nitrogens with one attached hydrogen (secondary N) is 3. The van der Waals surface area contributed by atoms with Crippen LogP contribution in [0.2, 0.25) is 5.02 Å². The summed E-state index contributed by atoms with van der Waals surface area (Å²) in [6.45, 7) is 3.02. The molecule has 2 aliphatic heterocycles. The van der Waals surface area contributed by atoms with E-state index in [1.54, 1.807) is 0 Å². The summed E-state index contributed by atoms with van der Waals surface area (Å²) < 4.78 is 44.2. The van der Waals surface area contributed by atoms with Crippen LogP contribution in [-0.4, -0.2) is 74.2 Å². The third-order valence-electron chi connectivity index (χ3n) is 9.88. The topological polar surface area (TPSA) is 126 Å². The number of aromatic nitrogens is 4. The number of carbonyl (C=O) groups excluding carboxylic acids is 3. The Kier molecular flexibility index (Phi) is 7.82. The number of amides is 3. The van der Waals surface area contributed by atoms with Gasteiger partial charge in [-0.3, -0.25) is 19.1 Å². The molecule has 0 radical (unpaired) electrons. The molecule has 7 rings (SSSR count). The number of nitrogens with zero attached hydrogens (tertiary/aromatic N) is 5. The molecule has 3 aromatic rings. The highest BCUT2D eigenvalue weighted by Crippen LogP contribution is 2.46. The highest BCUT2D eigenvalue weighted by Gasteiger charge is 2.57. The van der Waals surface area contributed by atoms with Gasteiger partial charge in [0.1, 0.15) is 0 Å². The van der Waals surface area contributed by atoms with Crippen molar-refractivity contribution in [1.82, 2.24) is 34.9 Å². The van der Waals surface area contributed by atoms with Gasteiger partial charge < -0.3 is 25.4 Å². The summed E-state index contributed by atoms with van der Waals surface area (Å²) >= 11 is 6.44. The van der Waals surface area contributed by atoms with E-state index in [2.05, 4.69) is 26.0 Å². The van der Waals surface area contributed by atoms with Gasteiger partial charge in [-0.25, -0.2) is 4.98 Å². The van der Waals surface area contributed by atoms with Gasteiger partial charge in [-0.2, -0.15) is 18.3 Å². The number of alkyl halides is 3. The van der Waals surface area contributed by atoms with Gasteiger partial charge >= 0.3 is 6.18 Å². The predicted molar refractivity (Wildman–Crippen MR) is 162 cm³/mol. The largest absolute Gasteiger partial charge is 0.435 e. The van der Waals surface area contributed by atoms with Gasteiger partial charge in [0.2, 0.25) is 5.91 Å². The lowest BCUT2D eigenvalue weighted by Gasteiger charge is -2.28. The maximum absolute atomic E-state index is 13.8. The maximum Gasteiger partial charge on any atom is 0.435 e. The Morgan fingerprint density at radius 3 is 2.39 bits per heavy atom. The zero-order valence-corrected chi connectivity index (χ0v) is 25.9. The first-order valence-electron chi connectivity index (χ1n) is 15.6. The molecule has 2 aromatic heterocycles. The fourth-order valence-electron chi connectivity index (χ4n) is 6.94. The molecule has 4 fully saturated rings. The molecule has 3 N–H and O–H groups in total. The van der Waals surface area contributed by atoms with Crippen molar-refractivity contribution in [2.45, 2.75) is 50.4 Å². The predicted octanol–water partition coefficient (Wildman–Crippen LogP) is 4.12. The number of anilines is 1. The van der Waals surface area contributed by atoms with Crippen molar-refractivity contribution in [2.24, 2.45) is 24.8 Å². The van der Waals surface area contributed by atoms with Crippen LogP contribution in [0.4, 0.5) is 18.9 Å². The first-order valence-corrected chi connectivity index (χ1v) is 16.0. The maximum atomic E-state index is 13.8. The molecule has 46 heavy (non-hydrogen) atoms. The number of likely N-dealkylation sites (tertiary alicyclic amines) is 1. The zero-order valence-electron chi connectivity index (χ0n) is 25.1. The zero-order chi connectivity index (χ0) is 32.3. The van der Waals surface area contributed by atoms with Gasteiger partial charge in [-0.15, -0.1) is 0 Å². The van der Waals surface area contributed by atoms with Crippen LogP contribution < -0.4 is 16.0 Å². The van der Waals surface area contributed by atoms with E-state index >= 15 is 0 Å². The lowest BCUT2D eigenvalue weighted by Crippen LogP contribution is -2.43. The van der Waals surface area contributed by atoms with Crippen molar-refractivity contribution in [3.05, 3.63) is 52.7 Å². The summed E-state index contributed by atoms with van der Waals surface area (Å²) in [6.07, 6.45) is 2.11. The molecule has 2 aliphatic carbocycles. The van der Waals surface area contributed by atoms with E-state index in [-0.39, 0.29) is 69.3 Å². The molecule has 11 nitrogen and oxygen atoms in total. The summed E-state index contributed by atoms with van der Waals surface area (Å²) in [6, 6.07) is 4.38. The summed E-state index contributed by atoms with van der Waals surface area (Å²) in [4.78, 5) is 45.0. The molecule has 1 aromatic carbocycles. The molecule has 2 atom stereocenters. The van der Waals surface area contributed by atoms with E-state index < -0.39 is 17.8 Å². The van der Waals surface area contributed by atoms with Gasteiger partial charge in [-0.1, -0.05) is 11.6 Å². The number of fused-ring (bicyclic) bond motifs is 1. The first-order chi connectivity index (χ1) is 22.0. The van der Waals surface area contributed by atoms with Crippen LogP contribution in [0.3, 0.4) is 0 Å². The Hall–Kier alpha value is -3.91. The number of rotatable bonds is 7. The number of imidazole rings is 1. The van der Waals surface area contributed by atoms with Crippen molar-refractivity contribution >= 4 is 35.0 Å². The number of hydrogen-bond donors (Lipinski definition) is 3.